The largest absolute Gasteiger partial charge is 0.496 e. The molecule has 2 rings (SSSR count). The van der Waals surface area contributed by atoms with E-state index in [0.717, 1.165) is 5.56 Å². The van der Waals surface area contributed by atoms with Crippen molar-refractivity contribution >= 4 is 11.8 Å². The van der Waals surface area contributed by atoms with Crippen molar-refractivity contribution in [1.82, 2.24) is 0 Å². The first-order valence-corrected chi connectivity index (χ1v) is 5.55. The molecule has 4 heteroatoms. The molecule has 1 aliphatic rings. The minimum Gasteiger partial charge on any atom is -0.496 e. The van der Waals surface area contributed by atoms with E-state index in [0.29, 0.717) is 17.7 Å². The Bertz CT molecular complexity index is 464. The lowest BCUT2D eigenvalue weighted by molar-refractivity contribution is -0.145. The zero-order valence-electron chi connectivity index (χ0n) is 9.86. The van der Waals surface area contributed by atoms with Gasteiger partial charge in [0.2, 0.25) is 0 Å². The lowest BCUT2D eigenvalue weighted by Gasteiger charge is -2.06. The molecule has 0 N–H and O–H groups in total. The number of carbonyl (C=O) groups excluding carboxylic acids is 2. The second kappa shape index (κ2) is 4.57. The lowest BCUT2D eigenvalue weighted by Crippen LogP contribution is -2.23. The standard InChI is InChI=1S/C13H14O4/c1-3-17-13(15)10-7-9-8(12(10)14)5-4-6-11(9)16-2/h4-6,10H,3,7H2,1-2H3. The molecule has 1 aliphatic carbocycles. The van der Waals surface area contributed by atoms with Crippen molar-refractivity contribution in [2.75, 3.05) is 13.7 Å². The van der Waals surface area contributed by atoms with Crippen LogP contribution in [0.2, 0.25) is 0 Å². The van der Waals surface area contributed by atoms with Gasteiger partial charge in [0, 0.05) is 11.1 Å². The summed E-state index contributed by atoms with van der Waals surface area (Å²) in [6.45, 7) is 2.02. The van der Waals surface area contributed by atoms with Crippen molar-refractivity contribution in [3.63, 3.8) is 0 Å². The third kappa shape index (κ3) is 1.90. The molecule has 0 heterocycles. The quantitative estimate of drug-likeness (QED) is 0.589. The fourth-order valence-corrected chi connectivity index (χ4v) is 2.12. The molecule has 0 spiro atoms. The van der Waals surface area contributed by atoms with Gasteiger partial charge in [0.05, 0.1) is 13.7 Å². The van der Waals surface area contributed by atoms with Gasteiger partial charge in [-0.3, -0.25) is 9.59 Å². The Hall–Kier alpha value is -1.84. The second-order valence-electron chi connectivity index (χ2n) is 3.86. The van der Waals surface area contributed by atoms with E-state index < -0.39 is 11.9 Å². The van der Waals surface area contributed by atoms with E-state index in [1.807, 2.05) is 0 Å². The number of ketones is 1. The molecule has 0 aromatic heterocycles. The summed E-state index contributed by atoms with van der Waals surface area (Å²) in [4.78, 5) is 23.7. The number of Topliss-reactive ketones (excluding diaryl/α,β-unsaturated/α-hetero) is 1. The fourth-order valence-electron chi connectivity index (χ4n) is 2.12. The first-order valence-electron chi connectivity index (χ1n) is 5.55. The molecule has 4 nitrogen and oxygen atoms in total. The maximum Gasteiger partial charge on any atom is 0.317 e. The zero-order chi connectivity index (χ0) is 12.4. The Morgan fingerprint density at radius 2 is 2.24 bits per heavy atom. The smallest absolute Gasteiger partial charge is 0.317 e. The number of hydrogen-bond donors (Lipinski definition) is 0. The van der Waals surface area contributed by atoms with Gasteiger partial charge in [-0.05, 0) is 19.4 Å². The van der Waals surface area contributed by atoms with E-state index in [1.54, 1.807) is 32.2 Å². The molecule has 90 valence electrons. The molecule has 1 unspecified atom stereocenters. The highest BCUT2D eigenvalue weighted by molar-refractivity contribution is 6.12. The van der Waals surface area contributed by atoms with Crippen LogP contribution in [0.25, 0.3) is 0 Å². The number of fused-ring (bicyclic) bond motifs is 1. The highest BCUT2D eigenvalue weighted by Crippen LogP contribution is 2.34. The topological polar surface area (TPSA) is 52.6 Å². The van der Waals surface area contributed by atoms with Gasteiger partial charge >= 0.3 is 5.97 Å². The summed E-state index contributed by atoms with van der Waals surface area (Å²) in [5.74, 6) is -0.669. The van der Waals surface area contributed by atoms with Gasteiger partial charge in [-0.25, -0.2) is 0 Å². The molecular formula is C13H14O4. The van der Waals surface area contributed by atoms with Gasteiger partial charge in [0.1, 0.15) is 11.7 Å². The summed E-state index contributed by atoms with van der Waals surface area (Å²) in [5.41, 5.74) is 1.38. The van der Waals surface area contributed by atoms with Crippen LogP contribution in [-0.4, -0.2) is 25.5 Å². The molecule has 0 amide bonds. The third-order valence-electron chi connectivity index (χ3n) is 2.91. The number of carbonyl (C=O) groups is 2. The van der Waals surface area contributed by atoms with Gasteiger partial charge in [-0.15, -0.1) is 0 Å². The fraction of sp³-hybridized carbons (Fsp3) is 0.385. The number of esters is 1. The van der Waals surface area contributed by atoms with E-state index in [2.05, 4.69) is 0 Å². The van der Waals surface area contributed by atoms with Gasteiger partial charge < -0.3 is 9.47 Å². The molecule has 0 fully saturated rings. The minimum atomic E-state index is -0.707. The monoisotopic (exact) mass is 234 g/mol. The highest BCUT2D eigenvalue weighted by atomic mass is 16.5. The van der Waals surface area contributed by atoms with Crippen molar-refractivity contribution in [1.29, 1.82) is 0 Å². The number of methoxy groups -OCH3 is 1. The average molecular weight is 234 g/mol. The van der Waals surface area contributed by atoms with Crippen LogP contribution in [0, 0.1) is 5.92 Å². The van der Waals surface area contributed by atoms with Crippen LogP contribution in [0.3, 0.4) is 0 Å². The van der Waals surface area contributed by atoms with E-state index >= 15 is 0 Å². The van der Waals surface area contributed by atoms with Crippen LogP contribution in [0.4, 0.5) is 0 Å². The summed E-state index contributed by atoms with van der Waals surface area (Å²) in [6.07, 6.45) is 0.372. The average Bonchev–Trinajstić information content (AvgIpc) is 2.67. The molecule has 0 saturated heterocycles. The summed E-state index contributed by atoms with van der Waals surface area (Å²) in [6, 6.07) is 5.27. The third-order valence-corrected chi connectivity index (χ3v) is 2.91. The number of rotatable bonds is 3. The first kappa shape index (κ1) is 11.6. The summed E-state index contributed by atoms with van der Waals surface area (Å²) < 4.78 is 10.1. The predicted octanol–water partition coefficient (Wildman–Crippen LogP) is 1.61. The van der Waals surface area contributed by atoms with Gasteiger partial charge in [0.25, 0.3) is 0 Å². The number of hydrogen-bond acceptors (Lipinski definition) is 4. The second-order valence-corrected chi connectivity index (χ2v) is 3.86. The Kier molecular flexibility index (Phi) is 3.13. The molecular weight excluding hydrogens is 220 g/mol. The number of ether oxygens (including phenoxy) is 2. The predicted molar refractivity (Wildman–Crippen MR) is 61.2 cm³/mol. The minimum absolute atomic E-state index is 0.169. The molecule has 0 bridgehead atoms. The molecule has 0 saturated carbocycles. The maximum atomic E-state index is 12.0. The van der Waals surface area contributed by atoms with Crippen LogP contribution < -0.4 is 4.74 Å². The normalized spacial score (nSPS) is 17.8. The molecule has 1 atom stereocenters. The van der Waals surface area contributed by atoms with E-state index in [1.165, 1.54) is 0 Å². The SMILES string of the molecule is CCOC(=O)C1Cc2c(OC)cccc2C1=O. The summed E-state index contributed by atoms with van der Waals surface area (Å²) >= 11 is 0. The van der Waals surface area contributed by atoms with Crippen LogP contribution in [-0.2, 0) is 16.0 Å². The Morgan fingerprint density at radius 1 is 1.47 bits per heavy atom. The molecule has 0 aliphatic heterocycles. The van der Waals surface area contributed by atoms with Crippen LogP contribution >= 0.6 is 0 Å². The van der Waals surface area contributed by atoms with Crippen LogP contribution in [0.5, 0.6) is 5.75 Å². The molecule has 17 heavy (non-hydrogen) atoms. The molecule has 1 aromatic carbocycles. The first-order chi connectivity index (χ1) is 8.19. The van der Waals surface area contributed by atoms with Gasteiger partial charge in [-0.1, -0.05) is 12.1 Å². The Morgan fingerprint density at radius 3 is 2.88 bits per heavy atom. The summed E-state index contributed by atoms with van der Waals surface area (Å²) in [7, 11) is 1.55. The van der Waals surface area contributed by atoms with E-state index in [9.17, 15) is 9.59 Å². The van der Waals surface area contributed by atoms with E-state index in [-0.39, 0.29) is 12.4 Å². The molecule has 0 radical (unpaired) electrons. The van der Waals surface area contributed by atoms with Crippen molar-refractivity contribution < 1.29 is 19.1 Å². The Labute approximate surface area is 99.5 Å². The molecule has 1 aromatic rings. The Balaban J connectivity index is 2.32. The maximum absolute atomic E-state index is 12.0. The zero-order valence-corrected chi connectivity index (χ0v) is 9.86. The van der Waals surface area contributed by atoms with Crippen LogP contribution in [0.1, 0.15) is 22.8 Å². The van der Waals surface area contributed by atoms with Crippen molar-refractivity contribution in [3.8, 4) is 5.75 Å². The summed E-state index contributed by atoms with van der Waals surface area (Å²) in [5, 5.41) is 0. The van der Waals surface area contributed by atoms with E-state index in [4.69, 9.17) is 9.47 Å². The van der Waals surface area contributed by atoms with Gasteiger partial charge in [0.15, 0.2) is 5.78 Å². The lowest BCUT2D eigenvalue weighted by atomic mass is 10.1. The van der Waals surface area contributed by atoms with Gasteiger partial charge in [-0.2, -0.15) is 0 Å². The highest BCUT2D eigenvalue weighted by Gasteiger charge is 2.38. The van der Waals surface area contributed by atoms with Crippen molar-refractivity contribution in [3.05, 3.63) is 29.3 Å². The van der Waals surface area contributed by atoms with Crippen molar-refractivity contribution in [2.45, 2.75) is 13.3 Å². The van der Waals surface area contributed by atoms with Crippen LogP contribution in [0.15, 0.2) is 18.2 Å². The number of benzene rings is 1. The van der Waals surface area contributed by atoms with Crippen molar-refractivity contribution in [2.24, 2.45) is 5.92 Å².